The van der Waals surface area contributed by atoms with Gasteiger partial charge in [-0.05, 0) is 41.0 Å². The van der Waals surface area contributed by atoms with Crippen LogP contribution in [-0.4, -0.2) is 39.8 Å². The third-order valence-electron chi connectivity index (χ3n) is 5.72. The van der Waals surface area contributed by atoms with E-state index in [-0.39, 0.29) is 30.3 Å². The predicted molar refractivity (Wildman–Crippen MR) is 118 cm³/mol. The molecule has 0 aliphatic carbocycles. The second kappa shape index (κ2) is 8.98. The van der Waals surface area contributed by atoms with Crippen molar-refractivity contribution in [3.05, 3.63) is 46.1 Å². The van der Waals surface area contributed by atoms with Gasteiger partial charge in [0.05, 0.1) is 18.1 Å². The molecular weight excluding hydrogens is 404 g/mol. The molecule has 1 unspecified atom stereocenters. The minimum atomic E-state index is -0.949. The van der Waals surface area contributed by atoms with Crippen LogP contribution in [0.1, 0.15) is 59.1 Å². The number of aliphatic hydroxyl groups excluding tert-OH is 1. The number of carboxylic acids is 1. The highest BCUT2D eigenvalue weighted by Crippen LogP contribution is 2.38. The average molecular weight is 437 g/mol. The van der Waals surface area contributed by atoms with Crippen molar-refractivity contribution in [1.82, 2.24) is 10.2 Å². The normalized spacial score (nSPS) is 20.8. The Bertz CT molecular complexity index is 844. The maximum absolute atomic E-state index is 12.7. The van der Waals surface area contributed by atoms with E-state index in [0.717, 1.165) is 16.7 Å². The number of nitrogens with zero attached hydrogens (tertiary/aromatic N) is 1. The summed E-state index contributed by atoms with van der Waals surface area (Å²) >= 11 is 6.56. The lowest BCUT2D eigenvalue weighted by Crippen LogP contribution is -2.55. The molecule has 1 aromatic rings. The lowest BCUT2D eigenvalue weighted by Gasteiger charge is -2.42. The second-order valence-corrected chi connectivity index (χ2v) is 9.93. The standard InChI is InChI=1S/C23H33ClN2O4/c1-14(2)17-13-26(10-9-20(28)29)21(30)25-23(17,6)16-8-7-15(18(24)12-16)11-19(27)22(3,4)5/h7-8,12-14,19,27H,9-11H2,1-6H3,(H,25,30)(H,28,29)/t19?,23-/m0/s1. The second-order valence-electron chi connectivity index (χ2n) is 9.52. The summed E-state index contributed by atoms with van der Waals surface area (Å²) in [6.07, 6.45) is 1.56. The molecule has 0 saturated carbocycles. The van der Waals surface area contributed by atoms with Crippen molar-refractivity contribution in [2.75, 3.05) is 6.54 Å². The van der Waals surface area contributed by atoms with Gasteiger partial charge < -0.3 is 20.4 Å². The molecular formula is C23H33ClN2O4. The zero-order valence-electron chi connectivity index (χ0n) is 18.6. The number of nitrogens with one attached hydrogen (secondary N) is 1. The first-order valence-electron chi connectivity index (χ1n) is 10.3. The SMILES string of the molecule is CC(C)C1=CN(CCC(=O)O)C(=O)N[C@@]1(C)c1ccc(CC(O)C(C)(C)C)c(Cl)c1. The Morgan fingerprint density at radius 1 is 1.30 bits per heavy atom. The molecule has 30 heavy (non-hydrogen) atoms. The molecule has 1 aromatic carbocycles. The molecule has 1 aliphatic rings. The predicted octanol–water partition coefficient (Wildman–Crippen LogP) is 4.54. The van der Waals surface area contributed by atoms with Crippen LogP contribution >= 0.6 is 11.6 Å². The number of urea groups is 1. The third-order valence-corrected chi connectivity index (χ3v) is 6.07. The van der Waals surface area contributed by atoms with Gasteiger partial charge in [-0.3, -0.25) is 4.79 Å². The van der Waals surface area contributed by atoms with Crippen LogP contribution in [0.3, 0.4) is 0 Å². The molecule has 0 saturated heterocycles. The van der Waals surface area contributed by atoms with Gasteiger partial charge in [0.25, 0.3) is 0 Å². The molecule has 166 valence electrons. The summed E-state index contributed by atoms with van der Waals surface area (Å²) in [5.74, 6) is -0.834. The van der Waals surface area contributed by atoms with Crippen molar-refractivity contribution < 1.29 is 19.8 Å². The summed E-state index contributed by atoms with van der Waals surface area (Å²) in [5, 5.41) is 23.0. The number of carbonyl (C=O) groups is 2. The summed E-state index contributed by atoms with van der Waals surface area (Å²) in [5.41, 5.74) is 1.64. The Morgan fingerprint density at radius 3 is 2.43 bits per heavy atom. The van der Waals surface area contributed by atoms with Crippen LogP contribution in [0.4, 0.5) is 4.79 Å². The van der Waals surface area contributed by atoms with Gasteiger partial charge in [-0.2, -0.15) is 0 Å². The molecule has 1 heterocycles. The topological polar surface area (TPSA) is 89.9 Å². The maximum Gasteiger partial charge on any atom is 0.322 e. The van der Waals surface area contributed by atoms with Crippen LogP contribution < -0.4 is 5.32 Å². The van der Waals surface area contributed by atoms with E-state index in [0.29, 0.717) is 11.4 Å². The van der Waals surface area contributed by atoms with E-state index >= 15 is 0 Å². The van der Waals surface area contributed by atoms with Gasteiger partial charge in [0.2, 0.25) is 0 Å². The van der Waals surface area contributed by atoms with E-state index in [1.807, 2.05) is 59.7 Å². The fraction of sp³-hybridized carbons (Fsp3) is 0.565. The summed E-state index contributed by atoms with van der Waals surface area (Å²) < 4.78 is 0. The molecule has 0 radical (unpaired) electrons. The maximum atomic E-state index is 12.7. The Morgan fingerprint density at radius 2 is 1.93 bits per heavy atom. The molecule has 0 aromatic heterocycles. The smallest absolute Gasteiger partial charge is 0.322 e. The lowest BCUT2D eigenvalue weighted by atomic mass is 9.77. The van der Waals surface area contributed by atoms with Crippen LogP contribution in [0, 0.1) is 11.3 Å². The monoisotopic (exact) mass is 436 g/mol. The van der Waals surface area contributed by atoms with E-state index < -0.39 is 17.6 Å². The number of benzene rings is 1. The highest BCUT2D eigenvalue weighted by atomic mass is 35.5. The molecule has 0 bridgehead atoms. The largest absolute Gasteiger partial charge is 0.481 e. The van der Waals surface area contributed by atoms with Gasteiger partial charge in [0.15, 0.2) is 0 Å². The number of carboxylic acid groups (broad SMARTS) is 1. The quantitative estimate of drug-likeness (QED) is 0.585. The van der Waals surface area contributed by atoms with Crippen LogP contribution in [-0.2, 0) is 16.8 Å². The van der Waals surface area contributed by atoms with Gasteiger partial charge in [0, 0.05) is 24.2 Å². The minimum absolute atomic E-state index is 0.109. The summed E-state index contributed by atoms with van der Waals surface area (Å²) in [4.78, 5) is 25.0. The Labute approximate surface area is 183 Å². The number of aliphatic carboxylic acids is 1. The number of halogens is 1. The van der Waals surface area contributed by atoms with Crippen LogP contribution in [0.2, 0.25) is 5.02 Å². The lowest BCUT2D eigenvalue weighted by molar-refractivity contribution is -0.137. The molecule has 2 amide bonds. The van der Waals surface area contributed by atoms with Crippen LogP contribution in [0.15, 0.2) is 30.0 Å². The van der Waals surface area contributed by atoms with Gasteiger partial charge >= 0.3 is 12.0 Å². The van der Waals surface area contributed by atoms with Crippen molar-refractivity contribution in [3.8, 4) is 0 Å². The van der Waals surface area contributed by atoms with Crippen molar-refractivity contribution in [3.63, 3.8) is 0 Å². The van der Waals surface area contributed by atoms with Crippen LogP contribution in [0.25, 0.3) is 0 Å². The Balaban J connectivity index is 2.38. The van der Waals surface area contributed by atoms with Crippen molar-refractivity contribution in [1.29, 1.82) is 0 Å². The van der Waals surface area contributed by atoms with E-state index in [1.165, 1.54) is 4.90 Å². The third kappa shape index (κ3) is 5.35. The summed E-state index contributed by atoms with van der Waals surface area (Å²) in [6.45, 7) is 12.1. The fourth-order valence-corrected chi connectivity index (χ4v) is 3.86. The number of carbonyl (C=O) groups excluding carboxylic acids is 1. The first kappa shape index (κ1) is 24.2. The van der Waals surface area contributed by atoms with Gasteiger partial charge in [-0.1, -0.05) is 58.4 Å². The average Bonchev–Trinajstić information content (AvgIpc) is 2.61. The van der Waals surface area contributed by atoms with Crippen LogP contribution in [0.5, 0.6) is 0 Å². The van der Waals surface area contributed by atoms with E-state index in [4.69, 9.17) is 16.7 Å². The number of amides is 2. The van der Waals surface area contributed by atoms with E-state index in [1.54, 1.807) is 6.20 Å². The molecule has 6 nitrogen and oxygen atoms in total. The number of aliphatic hydroxyl groups is 1. The first-order chi connectivity index (χ1) is 13.8. The fourth-order valence-electron chi connectivity index (χ4n) is 3.60. The molecule has 2 rings (SSSR count). The number of hydrogen-bond acceptors (Lipinski definition) is 3. The van der Waals surface area contributed by atoms with E-state index in [2.05, 4.69) is 5.32 Å². The van der Waals surface area contributed by atoms with Gasteiger partial charge in [-0.25, -0.2) is 4.79 Å². The zero-order chi connectivity index (χ0) is 22.9. The summed E-state index contributed by atoms with van der Waals surface area (Å²) in [7, 11) is 0. The van der Waals surface area contributed by atoms with Gasteiger partial charge in [0.1, 0.15) is 0 Å². The molecule has 0 spiro atoms. The Hall–Kier alpha value is -2.05. The number of rotatable bonds is 7. The Kier molecular flexibility index (Phi) is 7.25. The highest BCUT2D eigenvalue weighted by molar-refractivity contribution is 6.31. The summed E-state index contributed by atoms with van der Waals surface area (Å²) in [6, 6.07) is 5.33. The molecule has 1 aliphatic heterocycles. The zero-order valence-corrected chi connectivity index (χ0v) is 19.4. The van der Waals surface area contributed by atoms with Crippen molar-refractivity contribution in [2.45, 2.75) is 66.0 Å². The minimum Gasteiger partial charge on any atom is -0.481 e. The van der Waals surface area contributed by atoms with E-state index in [9.17, 15) is 14.7 Å². The van der Waals surface area contributed by atoms with Crippen molar-refractivity contribution in [2.24, 2.45) is 11.3 Å². The van der Waals surface area contributed by atoms with Crippen molar-refractivity contribution >= 4 is 23.6 Å². The van der Waals surface area contributed by atoms with Gasteiger partial charge in [-0.15, -0.1) is 0 Å². The number of hydrogen-bond donors (Lipinski definition) is 3. The highest BCUT2D eigenvalue weighted by Gasteiger charge is 2.40. The first-order valence-corrected chi connectivity index (χ1v) is 10.6. The molecule has 2 atom stereocenters. The molecule has 0 fully saturated rings. The molecule has 7 heteroatoms. The molecule has 3 N–H and O–H groups in total.